The maximum atomic E-state index is 9.66. The molecule has 0 aromatic carbocycles. The Kier molecular flexibility index (Phi) is 15.1. The van der Waals surface area contributed by atoms with Crippen LogP contribution in [0.15, 0.2) is 118 Å². The molecule has 0 aromatic heterocycles. The van der Waals surface area contributed by atoms with E-state index in [1.165, 1.54) is 66.4 Å². The standard InChI is InChI=1S/C42H63NO/c1-31(16-12-17-32(2)23-26-39-35(5)20-14-28-41(39,8)9)22-25-38(37(7)43-44)30-34(4)19-13-18-33(3)24-27-40-36(6)21-15-29-42(40,10)11/h12-13,16-19,22-27,30,35,37-38,43-44H,14-15,20-21,28-29H2,1-11H3/b17-12+,19-13+,25-22+,27-24+,31-16+,32-23+,33-18+,34-30+,39-26+. The van der Waals surface area contributed by atoms with Crippen molar-refractivity contribution in [2.45, 2.75) is 121 Å². The summed E-state index contributed by atoms with van der Waals surface area (Å²) in [4.78, 5) is 0. The Morgan fingerprint density at radius 1 is 0.818 bits per heavy atom. The van der Waals surface area contributed by atoms with E-state index in [1.807, 2.05) is 6.92 Å². The first-order valence-corrected chi connectivity index (χ1v) is 16.9. The number of allylic oxidation sites excluding steroid dienone is 18. The topological polar surface area (TPSA) is 32.3 Å². The fourth-order valence-corrected chi connectivity index (χ4v) is 6.60. The zero-order valence-corrected chi connectivity index (χ0v) is 29.9. The molecule has 1 saturated carbocycles. The average molecular weight is 598 g/mol. The van der Waals surface area contributed by atoms with Crippen LogP contribution in [-0.2, 0) is 0 Å². The van der Waals surface area contributed by atoms with Gasteiger partial charge in [0, 0.05) is 12.0 Å². The lowest BCUT2D eigenvalue weighted by atomic mass is 9.68. The minimum Gasteiger partial charge on any atom is -0.317 e. The van der Waals surface area contributed by atoms with E-state index >= 15 is 0 Å². The van der Waals surface area contributed by atoms with Gasteiger partial charge >= 0.3 is 0 Å². The van der Waals surface area contributed by atoms with E-state index in [4.69, 9.17) is 0 Å². The molecule has 3 atom stereocenters. The van der Waals surface area contributed by atoms with Crippen molar-refractivity contribution in [1.29, 1.82) is 0 Å². The van der Waals surface area contributed by atoms with Crippen LogP contribution in [0.5, 0.6) is 0 Å². The number of nitrogens with one attached hydrogen (secondary N) is 1. The lowest BCUT2D eigenvalue weighted by Gasteiger charge is -2.37. The van der Waals surface area contributed by atoms with Gasteiger partial charge in [0.15, 0.2) is 0 Å². The highest BCUT2D eigenvalue weighted by Gasteiger charge is 2.30. The van der Waals surface area contributed by atoms with Gasteiger partial charge in [-0.1, -0.05) is 153 Å². The first-order valence-electron chi connectivity index (χ1n) is 16.9. The summed E-state index contributed by atoms with van der Waals surface area (Å²) in [7, 11) is 0. The Balaban J connectivity index is 2.06. The van der Waals surface area contributed by atoms with E-state index < -0.39 is 0 Å². The van der Waals surface area contributed by atoms with Crippen LogP contribution in [-0.4, -0.2) is 11.2 Å². The largest absolute Gasteiger partial charge is 0.317 e. The molecule has 242 valence electrons. The van der Waals surface area contributed by atoms with Crippen LogP contribution >= 0.6 is 0 Å². The molecule has 2 rings (SSSR count). The molecule has 2 aliphatic carbocycles. The van der Waals surface area contributed by atoms with Crippen molar-refractivity contribution in [3.05, 3.63) is 118 Å². The maximum Gasteiger partial charge on any atom is 0.0389 e. The predicted molar refractivity (Wildman–Crippen MR) is 195 cm³/mol. The summed E-state index contributed by atoms with van der Waals surface area (Å²) in [6.45, 7) is 24.7. The van der Waals surface area contributed by atoms with Gasteiger partial charge in [0.1, 0.15) is 0 Å². The van der Waals surface area contributed by atoms with Crippen molar-refractivity contribution in [3.63, 3.8) is 0 Å². The summed E-state index contributed by atoms with van der Waals surface area (Å²) >= 11 is 0. The van der Waals surface area contributed by atoms with E-state index in [0.29, 0.717) is 11.3 Å². The quantitative estimate of drug-likeness (QED) is 0.173. The molecule has 2 heteroatoms. The summed E-state index contributed by atoms with van der Waals surface area (Å²) in [5, 5.41) is 9.66. The molecule has 1 fully saturated rings. The molecule has 0 heterocycles. The summed E-state index contributed by atoms with van der Waals surface area (Å²) in [5.74, 6) is 0.722. The van der Waals surface area contributed by atoms with Crippen molar-refractivity contribution in [1.82, 2.24) is 5.48 Å². The van der Waals surface area contributed by atoms with Crippen LogP contribution in [0.1, 0.15) is 115 Å². The van der Waals surface area contributed by atoms with Crippen molar-refractivity contribution >= 4 is 0 Å². The van der Waals surface area contributed by atoms with Crippen LogP contribution < -0.4 is 5.48 Å². The highest BCUT2D eigenvalue weighted by molar-refractivity contribution is 5.37. The van der Waals surface area contributed by atoms with Gasteiger partial charge in [-0.25, -0.2) is 5.48 Å². The summed E-state index contributed by atoms with van der Waals surface area (Å²) < 4.78 is 0. The molecule has 44 heavy (non-hydrogen) atoms. The molecule has 2 aliphatic rings. The molecule has 2 nitrogen and oxygen atoms in total. The predicted octanol–water partition coefficient (Wildman–Crippen LogP) is 12.3. The Morgan fingerprint density at radius 3 is 2.02 bits per heavy atom. The molecular weight excluding hydrogens is 534 g/mol. The van der Waals surface area contributed by atoms with E-state index in [9.17, 15) is 5.21 Å². The first-order chi connectivity index (χ1) is 20.7. The highest BCUT2D eigenvalue weighted by atomic mass is 16.5. The number of hydrogen-bond acceptors (Lipinski definition) is 2. The monoisotopic (exact) mass is 597 g/mol. The molecular formula is C42H63NO. The second-order valence-corrected chi connectivity index (χ2v) is 14.8. The Morgan fingerprint density at radius 2 is 1.41 bits per heavy atom. The lowest BCUT2D eigenvalue weighted by molar-refractivity contribution is 0.122. The summed E-state index contributed by atoms with van der Waals surface area (Å²) in [5.41, 5.74) is 12.4. The van der Waals surface area contributed by atoms with Gasteiger partial charge < -0.3 is 5.21 Å². The number of rotatable bonds is 12. The molecule has 0 aliphatic heterocycles. The normalized spacial score (nSPS) is 24.9. The van der Waals surface area contributed by atoms with Crippen LogP contribution in [0, 0.1) is 22.7 Å². The molecule has 0 spiro atoms. The first kappa shape index (κ1) is 37.5. The zero-order chi connectivity index (χ0) is 32.9. The van der Waals surface area contributed by atoms with Crippen molar-refractivity contribution in [2.75, 3.05) is 0 Å². The van der Waals surface area contributed by atoms with Gasteiger partial charge in [0.25, 0.3) is 0 Å². The van der Waals surface area contributed by atoms with Crippen LogP contribution in [0.3, 0.4) is 0 Å². The van der Waals surface area contributed by atoms with E-state index in [-0.39, 0.29) is 17.4 Å². The van der Waals surface area contributed by atoms with Gasteiger partial charge in [-0.15, -0.1) is 0 Å². The fraction of sp³-hybridized carbons (Fsp3) is 0.524. The lowest BCUT2D eigenvalue weighted by Crippen LogP contribution is -2.28. The van der Waals surface area contributed by atoms with Gasteiger partial charge in [0.05, 0.1) is 0 Å². The Labute approximate surface area is 271 Å². The van der Waals surface area contributed by atoms with Gasteiger partial charge in [-0.3, -0.25) is 0 Å². The molecule has 0 saturated heterocycles. The maximum absolute atomic E-state index is 9.66. The third kappa shape index (κ3) is 12.4. The second kappa shape index (κ2) is 17.7. The minimum atomic E-state index is -0.0989. The Bertz CT molecular complexity index is 1260. The third-order valence-electron chi connectivity index (χ3n) is 9.59. The third-order valence-corrected chi connectivity index (χ3v) is 9.59. The number of hydrogen-bond donors (Lipinski definition) is 2. The molecule has 0 radical (unpaired) electrons. The van der Waals surface area contributed by atoms with Gasteiger partial charge in [-0.05, 0) is 96.0 Å². The van der Waals surface area contributed by atoms with Crippen LogP contribution in [0.4, 0.5) is 0 Å². The summed E-state index contributed by atoms with van der Waals surface area (Å²) in [6, 6.07) is -0.0989. The van der Waals surface area contributed by atoms with E-state index in [2.05, 4.69) is 154 Å². The van der Waals surface area contributed by atoms with E-state index in [0.717, 1.165) is 5.57 Å². The van der Waals surface area contributed by atoms with Gasteiger partial charge in [-0.2, -0.15) is 0 Å². The van der Waals surface area contributed by atoms with Gasteiger partial charge in [0.2, 0.25) is 0 Å². The molecule has 0 aromatic rings. The molecule has 0 amide bonds. The van der Waals surface area contributed by atoms with Crippen molar-refractivity contribution in [3.8, 4) is 0 Å². The van der Waals surface area contributed by atoms with Crippen molar-refractivity contribution < 1.29 is 5.21 Å². The summed E-state index contributed by atoms with van der Waals surface area (Å²) in [6.07, 6.45) is 36.3. The van der Waals surface area contributed by atoms with Crippen molar-refractivity contribution in [2.24, 2.45) is 22.7 Å². The molecule has 0 bridgehead atoms. The second-order valence-electron chi connectivity index (χ2n) is 14.8. The average Bonchev–Trinajstić information content (AvgIpc) is 2.93. The Hall–Kier alpha value is -2.68. The van der Waals surface area contributed by atoms with Crippen LogP contribution in [0.2, 0.25) is 0 Å². The fourth-order valence-electron chi connectivity index (χ4n) is 6.60. The smallest absolute Gasteiger partial charge is 0.0389 e. The molecule has 2 N–H and O–H groups in total. The SMILES string of the molecule is CC1=C(/C=C/C(C)=C/C=C/C(C)=C/C(/C=C/C(C)=C/C=C/C(C)=C/C=C2\C(C)CCCC2(C)C)C(C)NO)C(C)(C)CCC1. The van der Waals surface area contributed by atoms with Crippen LogP contribution in [0.25, 0.3) is 0 Å². The number of hydroxylamine groups is 1. The molecule has 3 unspecified atom stereocenters. The zero-order valence-electron chi connectivity index (χ0n) is 29.9. The highest BCUT2D eigenvalue weighted by Crippen LogP contribution is 2.43. The van der Waals surface area contributed by atoms with E-state index in [1.54, 1.807) is 5.57 Å². The minimum absolute atomic E-state index is 0.0551.